The first-order chi connectivity index (χ1) is 15.6. The van der Waals surface area contributed by atoms with E-state index in [1.165, 1.54) is 5.56 Å². The third-order valence-electron chi connectivity index (χ3n) is 6.85. The molecule has 2 saturated heterocycles. The summed E-state index contributed by atoms with van der Waals surface area (Å²) < 4.78 is 17.7. The number of nitrogens with zero attached hydrogens (tertiary/aromatic N) is 1. The maximum atomic E-state index is 12.9. The molecule has 2 aliphatic rings. The molecule has 0 spiro atoms. The van der Waals surface area contributed by atoms with Crippen LogP contribution in [0.4, 0.5) is 0 Å². The van der Waals surface area contributed by atoms with E-state index in [2.05, 4.69) is 17.4 Å². The molecule has 1 aromatic carbocycles. The van der Waals surface area contributed by atoms with Crippen LogP contribution in [0.3, 0.4) is 0 Å². The van der Waals surface area contributed by atoms with Crippen LogP contribution in [0.1, 0.15) is 52.5 Å². The van der Waals surface area contributed by atoms with Gasteiger partial charge in [-0.3, -0.25) is 9.59 Å². The van der Waals surface area contributed by atoms with Crippen LogP contribution in [0.2, 0.25) is 0 Å². The van der Waals surface area contributed by atoms with Gasteiger partial charge in [0, 0.05) is 13.1 Å². The fourth-order valence-corrected chi connectivity index (χ4v) is 4.01. The molecule has 2 aliphatic heterocycles. The second-order valence-corrected chi connectivity index (χ2v) is 9.92. The minimum absolute atomic E-state index is 0.0358. The fourth-order valence-electron chi connectivity index (χ4n) is 4.01. The Morgan fingerprint density at radius 2 is 1.70 bits per heavy atom. The highest BCUT2D eigenvalue weighted by molar-refractivity contribution is 6.48. The van der Waals surface area contributed by atoms with E-state index in [1.807, 2.05) is 45.9 Å². The predicted molar refractivity (Wildman–Crippen MR) is 127 cm³/mol. The second-order valence-electron chi connectivity index (χ2n) is 9.92. The molecule has 2 amide bonds. The Labute approximate surface area is 197 Å². The molecule has 0 aliphatic carbocycles. The summed E-state index contributed by atoms with van der Waals surface area (Å²) in [5.74, 6) is -0.861. The van der Waals surface area contributed by atoms with Crippen LogP contribution < -0.4 is 11.1 Å². The Bertz CT molecular complexity index is 783. The van der Waals surface area contributed by atoms with Gasteiger partial charge in [0.1, 0.15) is 0 Å². The minimum Gasteiger partial charge on any atom is -0.402 e. The third-order valence-corrected chi connectivity index (χ3v) is 6.85. The van der Waals surface area contributed by atoms with Gasteiger partial charge < -0.3 is 30.0 Å². The number of nitrogens with one attached hydrogen (secondary N) is 1. The molecule has 8 nitrogen and oxygen atoms in total. The van der Waals surface area contributed by atoms with E-state index in [-0.39, 0.29) is 24.2 Å². The largest absolute Gasteiger partial charge is 0.481 e. The van der Waals surface area contributed by atoms with Crippen LogP contribution in [0.25, 0.3) is 0 Å². The molecule has 2 fully saturated rings. The third kappa shape index (κ3) is 6.79. The van der Waals surface area contributed by atoms with Gasteiger partial charge >= 0.3 is 7.12 Å². The van der Waals surface area contributed by atoms with Crippen LogP contribution in [-0.4, -0.2) is 73.3 Å². The molecule has 182 valence electrons. The molecule has 1 unspecified atom stereocenters. The molecular weight excluding hydrogens is 421 g/mol. The fraction of sp³-hybridized carbons (Fsp3) is 0.667. The van der Waals surface area contributed by atoms with E-state index in [0.717, 1.165) is 12.8 Å². The molecule has 0 radical (unpaired) electrons. The molecular formula is C24H38BN3O5. The topological polar surface area (TPSA) is 103 Å². The van der Waals surface area contributed by atoms with Crippen LogP contribution in [0.15, 0.2) is 30.3 Å². The molecule has 2 atom stereocenters. The Morgan fingerprint density at radius 1 is 1.09 bits per heavy atom. The van der Waals surface area contributed by atoms with Gasteiger partial charge in [-0.15, -0.1) is 0 Å². The SMILES string of the molecule is CC1(C)OB([C@@H](CCCc2ccccc2)NC(=O)C(N)CC(=O)N2CCOCC2)OC1(C)C. The van der Waals surface area contributed by atoms with Crippen molar-refractivity contribution in [1.82, 2.24) is 10.2 Å². The average Bonchev–Trinajstić information content (AvgIpc) is 3.01. The highest BCUT2D eigenvalue weighted by Gasteiger charge is 2.54. The monoisotopic (exact) mass is 459 g/mol. The number of carbonyl (C=O) groups excluding carboxylic acids is 2. The Morgan fingerprint density at radius 3 is 2.30 bits per heavy atom. The first-order valence-electron chi connectivity index (χ1n) is 11.9. The number of carbonyl (C=O) groups is 2. The summed E-state index contributed by atoms with van der Waals surface area (Å²) in [6.07, 6.45) is 2.36. The Balaban J connectivity index is 1.61. The first kappa shape index (κ1) is 25.7. The summed E-state index contributed by atoms with van der Waals surface area (Å²) >= 11 is 0. The van der Waals surface area contributed by atoms with Crippen LogP contribution in [0.5, 0.6) is 0 Å². The number of aryl methyl sites for hydroxylation is 1. The minimum atomic E-state index is -0.931. The van der Waals surface area contributed by atoms with Crippen molar-refractivity contribution in [3.05, 3.63) is 35.9 Å². The van der Waals surface area contributed by atoms with Crippen molar-refractivity contribution >= 4 is 18.9 Å². The first-order valence-corrected chi connectivity index (χ1v) is 11.9. The molecule has 9 heteroatoms. The lowest BCUT2D eigenvalue weighted by molar-refractivity contribution is -0.137. The van der Waals surface area contributed by atoms with Crippen molar-refractivity contribution in [3.63, 3.8) is 0 Å². The van der Waals surface area contributed by atoms with Gasteiger partial charge in [0.05, 0.1) is 42.8 Å². The summed E-state index contributed by atoms with van der Waals surface area (Å²) in [6, 6.07) is 9.29. The zero-order chi connectivity index (χ0) is 24.1. The second kappa shape index (κ2) is 11.0. The van der Waals surface area contributed by atoms with Crippen LogP contribution in [-0.2, 0) is 30.1 Å². The van der Waals surface area contributed by atoms with E-state index in [9.17, 15) is 9.59 Å². The number of morpholine rings is 1. The van der Waals surface area contributed by atoms with E-state index in [0.29, 0.717) is 32.7 Å². The van der Waals surface area contributed by atoms with Gasteiger partial charge in [0.2, 0.25) is 11.8 Å². The smallest absolute Gasteiger partial charge is 0.402 e. The number of ether oxygens (including phenoxy) is 1. The zero-order valence-electron chi connectivity index (χ0n) is 20.3. The molecule has 3 N–H and O–H groups in total. The predicted octanol–water partition coefficient (Wildman–Crippen LogP) is 1.70. The zero-order valence-corrected chi connectivity index (χ0v) is 20.3. The summed E-state index contributed by atoms with van der Waals surface area (Å²) in [5, 5.41) is 3.02. The van der Waals surface area contributed by atoms with Crippen molar-refractivity contribution in [2.24, 2.45) is 5.73 Å². The Kier molecular flexibility index (Phi) is 8.56. The number of nitrogens with two attached hydrogens (primary N) is 1. The maximum absolute atomic E-state index is 12.9. The molecule has 33 heavy (non-hydrogen) atoms. The highest BCUT2D eigenvalue weighted by atomic mass is 16.7. The van der Waals surface area contributed by atoms with Crippen molar-refractivity contribution in [1.29, 1.82) is 0 Å². The molecule has 0 saturated carbocycles. The van der Waals surface area contributed by atoms with Crippen molar-refractivity contribution in [2.75, 3.05) is 26.3 Å². The summed E-state index contributed by atoms with van der Waals surface area (Å²) in [6.45, 7) is 10.0. The maximum Gasteiger partial charge on any atom is 0.481 e. The van der Waals surface area contributed by atoms with Gasteiger partial charge in [-0.1, -0.05) is 30.3 Å². The van der Waals surface area contributed by atoms with Gasteiger partial charge in [-0.05, 0) is 52.5 Å². The molecule has 2 heterocycles. The number of rotatable bonds is 9. The summed E-state index contributed by atoms with van der Waals surface area (Å²) in [7, 11) is -0.586. The summed E-state index contributed by atoms with van der Waals surface area (Å²) in [4.78, 5) is 27.2. The number of amides is 2. The lowest BCUT2D eigenvalue weighted by atomic mass is 9.75. The van der Waals surface area contributed by atoms with E-state index < -0.39 is 24.4 Å². The normalized spacial score (nSPS) is 21.5. The van der Waals surface area contributed by atoms with Crippen molar-refractivity contribution in [2.45, 2.75) is 76.6 Å². The van der Waals surface area contributed by atoms with Gasteiger partial charge in [0.15, 0.2) is 0 Å². The number of hydrogen-bond acceptors (Lipinski definition) is 6. The van der Waals surface area contributed by atoms with E-state index >= 15 is 0 Å². The van der Waals surface area contributed by atoms with Crippen LogP contribution >= 0.6 is 0 Å². The van der Waals surface area contributed by atoms with Gasteiger partial charge in [-0.25, -0.2) is 0 Å². The van der Waals surface area contributed by atoms with Gasteiger partial charge in [-0.2, -0.15) is 0 Å². The number of benzene rings is 1. The average molecular weight is 459 g/mol. The van der Waals surface area contributed by atoms with E-state index in [1.54, 1.807) is 4.90 Å². The van der Waals surface area contributed by atoms with E-state index in [4.69, 9.17) is 19.8 Å². The van der Waals surface area contributed by atoms with Crippen LogP contribution in [0, 0.1) is 0 Å². The lowest BCUT2D eigenvalue weighted by Gasteiger charge is -2.32. The molecule has 1 aromatic rings. The quantitative estimate of drug-likeness (QED) is 0.545. The number of hydrogen-bond donors (Lipinski definition) is 2. The lowest BCUT2D eigenvalue weighted by Crippen LogP contribution is -2.54. The molecule has 3 rings (SSSR count). The van der Waals surface area contributed by atoms with Crippen molar-refractivity contribution in [3.8, 4) is 0 Å². The highest BCUT2D eigenvalue weighted by Crippen LogP contribution is 2.38. The van der Waals surface area contributed by atoms with Crippen molar-refractivity contribution < 1.29 is 23.6 Å². The molecule has 0 aromatic heterocycles. The molecule has 0 bridgehead atoms. The van der Waals surface area contributed by atoms with Gasteiger partial charge in [0.25, 0.3) is 0 Å². The Hall–Kier alpha value is -1.94. The standard InChI is InChI=1S/C24H38BN3O5/c1-23(2)24(3,4)33-25(32-23)20(12-8-11-18-9-6-5-7-10-18)27-22(30)19(26)17-21(29)28-13-15-31-16-14-28/h5-7,9-10,19-20H,8,11-17,26H2,1-4H3,(H,27,30)/t19?,20-/m1/s1. The summed E-state index contributed by atoms with van der Waals surface area (Å²) in [5.41, 5.74) is 6.35.